The van der Waals surface area contributed by atoms with Gasteiger partial charge in [-0.2, -0.15) is 0 Å². The number of rotatable bonds is 10. The van der Waals surface area contributed by atoms with Crippen molar-refractivity contribution in [3.8, 4) is 0 Å². The van der Waals surface area contributed by atoms with Crippen LogP contribution in [0.3, 0.4) is 0 Å². The minimum atomic E-state index is 0.320. The third-order valence-electron chi connectivity index (χ3n) is 4.22. The number of aryl methyl sites for hydroxylation is 3. The summed E-state index contributed by atoms with van der Waals surface area (Å²) < 4.78 is 5.08. The van der Waals surface area contributed by atoms with Gasteiger partial charge >= 0.3 is 0 Å². The SMILES string of the molecule is CCc1ccc(CC)c(CCC(C)(C)CNCCOC)c1. The van der Waals surface area contributed by atoms with Crippen molar-refractivity contribution in [1.82, 2.24) is 5.32 Å². The van der Waals surface area contributed by atoms with Crippen LogP contribution < -0.4 is 5.32 Å². The number of hydrogen-bond acceptors (Lipinski definition) is 2. The Morgan fingerprint density at radius 2 is 1.86 bits per heavy atom. The zero-order valence-corrected chi connectivity index (χ0v) is 14.6. The maximum absolute atomic E-state index is 5.08. The quantitative estimate of drug-likeness (QED) is 0.658. The Bertz CT molecular complexity index is 412. The second kappa shape index (κ2) is 9.22. The highest BCUT2D eigenvalue weighted by Gasteiger charge is 2.17. The molecule has 120 valence electrons. The molecule has 0 heterocycles. The van der Waals surface area contributed by atoms with E-state index in [1.807, 2.05) is 0 Å². The number of methoxy groups -OCH3 is 1. The first kappa shape index (κ1) is 18.2. The zero-order valence-electron chi connectivity index (χ0n) is 14.6. The van der Waals surface area contributed by atoms with E-state index in [1.54, 1.807) is 12.7 Å². The third-order valence-corrected chi connectivity index (χ3v) is 4.22. The molecule has 1 aromatic rings. The van der Waals surface area contributed by atoms with Gasteiger partial charge in [0.05, 0.1) is 6.61 Å². The average molecular weight is 291 g/mol. The summed E-state index contributed by atoms with van der Waals surface area (Å²) in [5.41, 5.74) is 4.83. The van der Waals surface area contributed by atoms with Crippen molar-refractivity contribution in [3.05, 3.63) is 34.9 Å². The number of ether oxygens (including phenoxy) is 1. The van der Waals surface area contributed by atoms with E-state index in [-0.39, 0.29) is 0 Å². The van der Waals surface area contributed by atoms with Crippen molar-refractivity contribution in [2.45, 2.75) is 53.4 Å². The van der Waals surface area contributed by atoms with Crippen molar-refractivity contribution in [2.24, 2.45) is 5.41 Å². The molecule has 21 heavy (non-hydrogen) atoms. The van der Waals surface area contributed by atoms with E-state index < -0.39 is 0 Å². The first-order valence-corrected chi connectivity index (χ1v) is 8.32. The van der Waals surface area contributed by atoms with Gasteiger partial charge in [0.25, 0.3) is 0 Å². The molecule has 0 aliphatic rings. The molecule has 0 fully saturated rings. The second-order valence-electron chi connectivity index (χ2n) is 6.64. The lowest BCUT2D eigenvalue weighted by molar-refractivity contribution is 0.193. The Morgan fingerprint density at radius 1 is 1.10 bits per heavy atom. The van der Waals surface area contributed by atoms with Gasteiger partial charge in [0.2, 0.25) is 0 Å². The van der Waals surface area contributed by atoms with Gasteiger partial charge < -0.3 is 10.1 Å². The number of benzene rings is 1. The molecule has 1 N–H and O–H groups in total. The van der Waals surface area contributed by atoms with Crippen LogP contribution in [0.15, 0.2) is 18.2 Å². The highest BCUT2D eigenvalue weighted by molar-refractivity contribution is 5.32. The zero-order chi connectivity index (χ0) is 15.7. The van der Waals surface area contributed by atoms with Gasteiger partial charge in [0.1, 0.15) is 0 Å². The van der Waals surface area contributed by atoms with Gasteiger partial charge in [-0.3, -0.25) is 0 Å². The van der Waals surface area contributed by atoms with Crippen LogP contribution in [0, 0.1) is 5.41 Å². The smallest absolute Gasteiger partial charge is 0.0587 e. The van der Waals surface area contributed by atoms with Crippen molar-refractivity contribution in [2.75, 3.05) is 26.8 Å². The molecule has 2 heteroatoms. The van der Waals surface area contributed by atoms with Gasteiger partial charge in [0.15, 0.2) is 0 Å². The van der Waals surface area contributed by atoms with Crippen LogP contribution in [-0.4, -0.2) is 26.8 Å². The van der Waals surface area contributed by atoms with Crippen molar-refractivity contribution < 1.29 is 4.74 Å². The maximum Gasteiger partial charge on any atom is 0.0587 e. The van der Waals surface area contributed by atoms with Crippen LogP contribution >= 0.6 is 0 Å². The molecule has 0 bridgehead atoms. The van der Waals surface area contributed by atoms with E-state index in [9.17, 15) is 0 Å². The fourth-order valence-electron chi connectivity index (χ4n) is 2.64. The predicted octanol–water partition coefficient (Wildman–Crippen LogP) is 4.01. The summed E-state index contributed by atoms with van der Waals surface area (Å²) in [6.07, 6.45) is 4.65. The summed E-state index contributed by atoms with van der Waals surface area (Å²) in [5.74, 6) is 0. The van der Waals surface area contributed by atoms with Gasteiger partial charge in [-0.1, -0.05) is 45.9 Å². The summed E-state index contributed by atoms with van der Waals surface area (Å²) in [6.45, 7) is 12.0. The lowest BCUT2D eigenvalue weighted by Crippen LogP contribution is -2.32. The Labute approximate surface area is 131 Å². The highest BCUT2D eigenvalue weighted by Crippen LogP contribution is 2.24. The Hall–Kier alpha value is -0.860. The molecule has 0 saturated heterocycles. The lowest BCUT2D eigenvalue weighted by atomic mass is 9.84. The van der Waals surface area contributed by atoms with E-state index in [2.05, 4.69) is 51.2 Å². The van der Waals surface area contributed by atoms with Crippen molar-refractivity contribution in [1.29, 1.82) is 0 Å². The summed E-state index contributed by atoms with van der Waals surface area (Å²) in [7, 11) is 1.75. The van der Waals surface area contributed by atoms with Crippen LogP contribution in [-0.2, 0) is 24.0 Å². The van der Waals surface area contributed by atoms with Crippen molar-refractivity contribution >= 4 is 0 Å². The van der Waals surface area contributed by atoms with Gasteiger partial charge in [0, 0.05) is 20.2 Å². The van der Waals surface area contributed by atoms with Gasteiger partial charge in [-0.15, -0.1) is 0 Å². The van der Waals surface area contributed by atoms with Crippen LogP contribution in [0.25, 0.3) is 0 Å². The molecule has 0 aromatic heterocycles. The molecule has 0 aliphatic heterocycles. The molecule has 0 amide bonds. The largest absolute Gasteiger partial charge is 0.383 e. The molecule has 0 atom stereocenters. The molecule has 0 unspecified atom stereocenters. The maximum atomic E-state index is 5.08. The summed E-state index contributed by atoms with van der Waals surface area (Å²) in [6, 6.07) is 7.01. The molecule has 2 nitrogen and oxygen atoms in total. The van der Waals surface area contributed by atoms with Crippen LogP contribution in [0.1, 0.15) is 50.8 Å². The van der Waals surface area contributed by atoms with E-state index in [0.29, 0.717) is 5.41 Å². The molecule has 1 aromatic carbocycles. The van der Waals surface area contributed by atoms with E-state index in [0.717, 1.165) is 32.5 Å². The fourth-order valence-corrected chi connectivity index (χ4v) is 2.64. The predicted molar refractivity (Wildman–Crippen MR) is 92.0 cm³/mol. The van der Waals surface area contributed by atoms with Gasteiger partial charge in [-0.25, -0.2) is 0 Å². The standard InChI is InChI=1S/C19H33NO/c1-6-16-8-9-17(7-2)18(14-16)10-11-19(3,4)15-20-12-13-21-5/h8-9,14,20H,6-7,10-13,15H2,1-5H3. The first-order chi connectivity index (χ1) is 10.0. The molecule has 1 rings (SSSR count). The Kier molecular flexibility index (Phi) is 7.98. The van der Waals surface area contributed by atoms with Crippen molar-refractivity contribution in [3.63, 3.8) is 0 Å². The normalized spacial score (nSPS) is 11.9. The molecule has 0 saturated carbocycles. The summed E-state index contributed by atoms with van der Waals surface area (Å²) in [4.78, 5) is 0. The van der Waals surface area contributed by atoms with Crippen LogP contribution in [0.5, 0.6) is 0 Å². The Morgan fingerprint density at radius 3 is 2.48 bits per heavy atom. The minimum absolute atomic E-state index is 0.320. The highest BCUT2D eigenvalue weighted by atomic mass is 16.5. The molecule has 0 radical (unpaired) electrons. The molecular weight excluding hydrogens is 258 g/mol. The molecule has 0 aliphatic carbocycles. The first-order valence-electron chi connectivity index (χ1n) is 8.32. The lowest BCUT2D eigenvalue weighted by Gasteiger charge is -2.26. The monoisotopic (exact) mass is 291 g/mol. The summed E-state index contributed by atoms with van der Waals surface area (Å²) in [5, 5.41) is 3.49. The topological polar surface area (TPSA) is 21.3 Å². The fraction of sp³-hybridized carbons (Fsp3) is 0.684. The van der Waals surface area contributed by atoms with Crippen LogP contribution in [0.2, 0.25) is 0 Å². The van der Waals surface area contributed by atoms with Crippen LogP contribution in [0.4, 0.5) is 0 Å². The summed E-state index contributed by atoms with van der Waals surface area (Å²) >= 11 is 0. The number of nitrogens with one attached hydrogen (secondary N) is 1. The Balaban J connectivity index is 2.56. The third kappa shape index (κ3) is 6.62. The molecular formula is C19H33NO. The van der Waals surface area contributed by atoms with Gasteiger partial charge in [-0.05, 0) is 47.8 Å². The van der Waals surface area contributed by atoms with E-state index >= 15 is 0 Å². The minimum Gasteiger partial charge on any atom is -0.383 e. The molecule has 0 spiro atoms. The second-order valence-corrected chi connectivity index (χ2v) is 6.64. The van der Waals surface area contributed by atoms with E-state index in [4.69, 9.17) is 4.74 Å². The number of hydrogen-bond donors (Lipinski definition) is 1. The van der Waals surface area contributed by atoms with E-state index in [1.165, 1.54) is 24.0 Å². The average Bonchev–Trinajstić information content (AvgIpc) is 2.49.